The minimum atomic E-state index is -4.97. The SMILES string of the molecule is CCCCC(CC)c1cc2ccc3c(C(F)(F)F)cc(C(F)(F)F)nc3c2[nH]1. The summed E-state index contributed by atoms with van der Waals surface area (Å²) in [4.78, 5) is 6.61. The van der Waals surface area contributed by atoms with E-state index >= 15 is 0 Å². The summed E-state index contributed by atoms with van der Waals surface area (Å²) in [6.45, 7) is 4.07. The average Bonchev–Trinajstić information content (AvgIpc) is 3.04. The first kappa shape index (κ1) is 20.5. The number of nitrogens with zero attached hydrogens (tertiary/aromatic N) is 1. The van der Waals surface area contributed by atoms with Crippen molar-refractivity contribution in [3.05, 3.63) is 41.2 Å². The molecule has 2 heterocycles. The molecule has 3 rings (SSSR count). The van der Waals surface area contributed by atoms with Crippen molar-refractivity contribution in [1.29, 1.82) is 0 Å². The highest BCUT2D eigenvalue weighted by Crippen LogP contribution is 2.40. The summed E-state index contributed by atoms with van der Waals surface area (Å²) in [7, 11) is 0. The minimum Gasteiger partial charge on any atom is -0.356 e. The van der Waals surface area contributed by atoms with Crippen molar-refractivity contribution < 1.29 is 26.3 Å². The molecule has 0 spiro atoms. The van der Waals surface area contributed by atoms with E-state index in [-0.39, 0.29) is 28.4 Å². The van der Waals surface area contributed by atoms with E-state index in [0.717, 1.165) is 31.4 Å². The molecule has 0 radical (unpaired) electrons. The lowest BCUT2D eigenvalue weighted by molar-refractivity contribution is -0.144. The topological polar surface area (TPSA) is 28.7 Å². The summed E-state index contributed by atoms with van der Waals surface area (Å²) < 4.78 is 79.7. The van der Waals surface area contributed by atoms with Crippen molar-refractivity contribution in [2.45, 2.75) is 57.8 Å². The quantitative estimate of drug-likeness (QED) is 0.442. The normalized spacial score (nSPS) is 14.1. The Morgan fingerprint density at radius 1 is 1.00 bits per heavy atom. The van der Waals surface area contributed by atoms with Crippen LogP contribution in [0.4, 0.5) is 26.3 Å². The lowest BCUT2D eigenvalue weighted by Gasteiger charge is -2.14. The van der Waals surface area contributed by atoms with E-state index in [1.807, 2.05) is 6.92 Å². The van der Waals surface area contributed by atoms with Crippen LogP contribution in [0, 0.1) is 0 Å². The lowest BCUT2D eigenvalue weighted by atomic mass is 9.96. The zero-order valence-electron chi connectivity index (χ0n) is 15.4. The second-order valence-corrected chi connectivity index (χ2v) is 6.95. The van der Waals surface area contributed by atoms with Crippen LogP contribution in [-0.2, 0) is 12.4 Å². The van der Waals surface area contributed by atoms with Crippen molar-refractivity contribution in [3.8, 4) is 0 Å². The summed E-state index contributed by atoms with van der Waals surface area (Å²) in [6.07, 6.45) is -6.18. The number of fused-ring (bicyclic) bond motifs is 3. The third-order valence-corrected chi connectivity index (χ3v) is 5.03. The first-order chi connectivity index (χ1) is 13.1. The highest BCUT2D eigenvalue weighted by molar-refractivity contribution is 6.04. The third-order valence-electron chi connectivity index (χ3n) is 5.03. The highest BCUT2D eigenvalue weighted by Gasteiger charge is 2.39. The number of hydrogen-bond donors (Lipinski definition) is 1. The highest BCUT2D eigenvalue weighted by atomic mass is 19.4. The molecule has 0 amide bonds. The first-order valence-corrected chi connectivity index (χ1v) is 9.17. The molecule has 28 heavy (non-hydrogen) atoms. The van der Waals surface area contributed by atoms with Crippen LogP contribution < -0.4 is 0 Å². The molecule has 2 nitrogen and oxygen atoms in total. The Labute approximate surface area is 158 Å². The van der Waals surface area contributed by atoms with Gasteiger partial charge in [-0.15, -0.1) is 0 Å². The van der Waals surface area contributed by atoms with E-state index in [4.69, 9.17) is 0 Å². The number of aromatic amines is 1. The molecule has 0 fully saturated rings. The van der Waals surface area contributed by atoms with Crippen molar-refractivity contribution in [2.75, 3.05) is 0 Å². The standard InChI is InChI=1S/C20H20F6N2/c1-3-5-6-11(4-2)15-9-12-7-8-13-14(19(21,22)23)10-16(20(24,25)26)28-18(13)17(12)27-15/h7-11,27H,3-6H2,1-2H3. The van der Waals surface area contributed by atoms with Gasteiger partial charge in [0.15, 0.2) is 0 Å². The number of unbranched alkanes of at least 4 members (excludes halogenated alkanes) is 1. The molecule has 0 saturated carbocycles. The number of aromatic nitrogens is 2. The van der Waals surface area contributed by atoms with Crippen LogP contribution in [0.3, 0.4) is 0 Å². The van der Waals surface area contributed by atoms with E-state index in [2.05, 4.69) is 16.9 Å². The zero-order valence-corrected chi connectivity index (χ0v) is 15.4. The van der Waals surface area contributed by atoms with Crippen LogP contribution in [-0.4, -0.2) is 9.97 Å². The molecule has 0 saturated heterocycles. The Morgan fingerprint density at radius 2 is 1.71 bits per heavy atom. The van der Waals surface area contributed by atoms with Crippen LogP contribution in [0.1, 0.15) is 62.4 Å². The number of H-pyrrole nitrogens is 1. The Bertz CT molecular complexity index is 984. The average molecular weight is 402 g/mol. The minimum absolute atomic E-state index is 0.0775. The van der Waals surface area contributed by atoms with Gasteiger partial charge in [-0.25, -0.2) is 4.98 Å². The predicted molar refractivity (Wildman–Crippen MR) is 96.2 cm³/mol. The van der Waals surface area contributed by atoms with Gasteiger partial charge in [0.1, 0.15) is 5.69 Å². The van der Waals surface area contributed by atoms with Gasteiger partial charge in [0.25, 0.3) is 0 Å². The first-order valence-electron chi connectivity index (χ1n) is 9.17. The van der Waals surface area contributed by atoms with E-state index in [0.29, 0.717) is 5.39 Å². The van der Waals surface area contributed by atoms with Crippen LogP contribution in [0.15, 0.2) is 24.3 Å². The number of rotatable bonds is 5. The van der Waals surface area contributed by atoms with Gasteiger partial charge in [-0.3, -0.25) is 0 Å². The van der Waals surface area contributed by atoms with E-state index in [1.54, 1.807) is 6.07 Å². The molecule has 1 atom stereocenters. The Hall–Kier alpha value is -2.25. The molecule has 8 heteroatoms. The molecular weight excluding hydrogens is 382 g/mol. The van der Waals surface area contributed by atoms with Gasteiger partial charge in [0.05, 0.1) is 16.6 Å². The number of hydrogen-bond acceptors (Lipinski definition) is 1. The number of pyridine rings is 1. The summed E-state index contributed by atoms with van der Waals surface area (Å²) in [5, 5.41) is 0.209. The van der Waals surface area contributed by atoms with E-state index in [9.17, 15) is 26.3 Å². The van der Waals surface area contributed by atoms with E-state index < -0.39 is 23.6 Å². The van der Waals surface area contributed by atoms with Crippen molar-refractivity contribution >= 4 is 21.8 Å². The summed E-state index contributed by atoms with van der Waals surface area (Å²) in [5.41, 5.74) is -2.17. The predicted octanol–water partition coefficient (Wildman–Crippen LogP) is 7.44. The molecule has 2 aromatic heterocycles. The number of benzene rings is 1. The second kappa shape index (κ2) is 7.29. The van der Waals surface area contributed by atoms with E-state index in [1.165, 1.54) is 12.1 Å². The van der Waals surface area contributed by atoms with Gasteiger partial charge in [0, 0.05) is 16.5 Å². The van der Waals surface area contributed by atoms with Gasteiger partial charge in [-0.05, 0) is 30.9 Å². The molecule has 1 aromatic carbocycles. The van der Waals surface area contributed by atoms with Crippen molar-refractivity contribution in [2.24, 2.45) is 0 Å². The van der Waals surface area contributed by atoms with Crippen LogP contribution in [0.5, 0.6) is 0 Å². The van der Waals surface area contributed by atoms with Gasteiger partial charge >= 0.3 is 12.4 Å². The molecule has 1 unspecified atom stereocenters. The molecule has 0 bridgehead atoms. The number of halogens is 6. The van der Waals surface area contributed by atoms with Gasteiger partial charge < -0.3 is 4.98 Å². The lowest BCUT2D eigenvalue weighted by Crippen LogP contribution is -2.13. The fourth-order valence-corrected chi connectivity index (χ4v) is 3.54. The van der Waals surface area contributed by atoms with Gasteiger partial charge in [-0.1, -0.05) is 38.8 Å². The van der Waals surface area contributed by atoms with Crippen molar-refractivity contribution in [3.63, 3.8) is 0 Å². The van der Waals surface area contributed by atoms with Crippen LogP contribution >= 0.6 is 0 Å². The summed E-state index contributed by atoms with van der Waals surface area (Å²) in [6, 6.07) is 4.56. The number of alkyl halides is 6. The maximum Gasteiger partial charge on any atom is 0.433 e. The van der Waals surface area contributed by atoms with Gasteiger partial charge in [-0.2, -0.15) is 26.3 Å². The van der Waals surface area contributed by atoms with Crippen molar-refractivity contribution in [1.82, 2.24) is 9.97 Å². The maximum atomic E-state index is 13.4. The Morgan fingerprint density at radius 3 is 2.29 bits per heavy atom. The Balaban J connectivity index is 2.28. The fraction of sp³-hybridized carbons (Fsp3) is 0.450. The molecule has 3 aromatic rings. The number of nitrogens with one attached hydrogen (secondary N) is 1. The summed E-state index contributed by atoms with van der Waals surface area (Å²) >= 11 is 0. The second-order valence-electron chi connectivity index (χ2n) is 6.95. The fourth-order valence-electron chi connectivity index (χ4n) is 3.54. The molecule has 1 N–H and O–H groups in total. The molecule has 0 aliphatic rings. The third kappa shape index (κ3) is 3.82. The molecular formula is C20H20F6N2. The molecule has 152 valence electrons. The maximum absolute atomic E-state index is 13.4. The molecule has 0 aliphatic carbocycles. The largest absolute Gasteiger partial charge is 0.433 e. The Kier molecular flexibility index (Phi) is 5.34. The molecule has 0 aliphatic heterocycles. The van der Waals surface area contributed by atoms with Gasteiger partial charge in [0.2, 0.25) is 0 Å². The zero-order chi connectivity index (χ0) is 20.7. The summed E-state index contributed by atoms with van der Waals surface area (Å²) in [5.74, 6) is 0.162. The smallest absolute Gasteiger partial charge is 0.356 e. The monoisotopic (exact) mass is 402 g/mol. The van der Waals surface area contributed by atoms with Crippen LogP contribution in [0.25, 0.3) is 21.8 Å². The van der Waals surface area contributed by atoms with Crippen LogP contribution in [0.2, 0.25) is 0 Å².